The zero-order valence-corrected chi connectivity index (χ0v) is 21.8. The maximum Gasteiger partial charge on any atom is 0.193 e. The SMILES string of the molecule is CCNC(=NCCc1ccc(OCC(C)C)cc1)N1CCC(CN2CCOCC2)C1.I. The van der Waals surface area contributed by atoms with Crippen molar-refractivity contribution in [2.24, 2.45) is 16.8 Å². The molecule has 0 bridgehead atoms. The monoisotopic (exact) mass is 544 g/mol. The third-order valence-electron chi connectivity index (χ3n) is 5.71. The molecule has 6 nitrogen and oxygen atoms in total. The number of ether oxygens (including phenoxy) is 2. The molecular weight excluding hydrogens is 503 g/mol. The van der Waals surface area contributed by atoms with Gasteiger partial charge in [-0.1, -0.05) is 26.0 Å². The minimum atomic E-state index is 0. The van der Waals surface area contributed by atoms with Crippen molar-refractivity contribution in [2.75, 3.05) is 65.6 Å². The maximum absolute atomic E-state index is 5.77. The van der Waals surface area contributed by atoms with Crippen LogP contribution in [0.2, 0.25) is 0 Å². The molecule has 1 unspecified atom stereocenters. The zero-order valence-electron chi connectivity index (χ0n) is 19.5. The lowest BCUT2D eigenvalue weighted by atomic mass is 10.1. The number of hydrogen-bond donors (Lipinski definition) is 1. The van der Waals surface area contributed by atoms with Crippen LogP contribution in [0, 0.1) is 11.8 Å². The van der Waals surface area contributed by atoms with Crippen molar-refractivity contribution < 1.29 is 9.47 Å². The summed E-state index contributed by atoms with van der Waals surface area (Å²) in [4.78, 5) is 9.91. The quantitative estimate of drug-likeness (QED) is 0.293. The van der Waals surface area contributed by atoms with Gasteiger partial charge in [-0.2, -0.15) is 0 Å². The van der Waals surface area contributed by atoms with Crippen molar-refractivity contribution in [2.45, 2.75) is 33.6 Å². The van der Waals surface area contributed by atoms with Gasteiger partial charge in [0, 0.05) is 45.8 Å². The Bertz CT molecular complexity index is 647. The van der Waals surface area contributed by atoms with Crippen LogP contribution < -0.4 is 10.1 Å². The van der Waals surface area contributed by atoms with Gasteiger partial charge in [0.1, 0.15) is 5.75 Å². The van der Waals surface area contributed by atoms with Gasteiger partial charge < -0.3 is 19.7 Å². The molecule has 7 heteroatoms. The van der Waals surface area contributed by atoms with E-state index in [1.54, 1.807) is 0 Å². The largest absolute Gasteiger partial charge is 0.493 e. The Morgan fingerprint density at radius 1 is 1.19 bits per heavy atom. The topological polar surface area (TPSA) is 49.3 Å². The lowest BCUT2D eigenvalue weighted by Crippen LogP contribution is -2.42. The predicted molar refractivity (Wildman–Crippen MR) is 139 cm³/mol. The molecule has 2 aliphatic heterocycles. The van der Waals surface area contributed by atoms with Gasteiger partial charge in [0.05, 0.1) is 19.8 Å². The zero-order chi connectivity index (χ0) is 21.2. The molecule has 0 saturated carbocycles. The van der Waals surface area contributed by atoms with Crippen molar-refractivity contribution in [1.29, 1.82) is 0 Å². The molecule has 31 heavy (non-hydrogen) atoms. The molecule has 0 aliphatic carbocycles. The summed E-state index contributed by atoms with van der Waals surface area (Å²) in [5.41, 5.74) is 1.30. The number of likely N-dealkylation sites (tertiary alicyclic amines) is 1. The van der Waals surface area contributed by atoms with Crippen molar-refractivity contribution >= 4 is 29.9 Å². The smallest absolute Gasteiger partial charge is 0.193 e. The number of halogens is 1. The second-order valence-electron chi connectivity index (χ2n) is 8.85. The summed E-state index contributed by atoms with van der Waals surface area (Å²) in [6.07, 6.45) is 2.20. The average Bonchev–Trinajstić information content (AvgIpc) is 3.21. The van der Waals surface area contributed by atoms with Crippen LogP contribution in [0.1, 0.15) is 32.8 Å². The number of nitrogens with one attached hydrogen (secondary N) is 1. The molecule has 0 aromatic heterocycles. The van der Waals surface area contributed by atoms with Crippen LogP contribution in [0.3, 0.4) is 0 Å². The Morgan fingerprint density at radius 3 is 2.61 bits per heavy atom. The molecule has 2 saturated heterocycles. The van der Waals surface area contributed by atoms with Crippen LogP contribution >= 0.6 is 24.0 Å². The van der Waals surface area contributed by atoms with Crippen molar-refractivity contribution in [3.63, 3.8) is 0 Å². The predicted octanol–water partition coefficient (Wildman–Crippen LogP) is 3.50. The van der Waals surface area contributed by atoms with E-state index in [4.69, 9.17) is 14.5 Å². The minimum Gasteiger partial charge on any atom is -0.493 e. The summed E-state index contributed by atoms with van der Waals surface area (Å²) in [6.45, 7) is 16.3. The van der Waals surface area contributed by atoms with Crippen molar-refractivity contribution in [3.8, 4) is 5.75 Å². The highest BCUT2D eigenvalue weighted by atomic mass is 127. The molecule has 176 valence electrons. The van der Waals surface area contributed by atoms with Gasteiger partial charge in [-0.05, 0) is 49.3 Å². The second-order valence-corrected chi connectivity index (χ2v) is 8.85. The number of hydrogen-bond acceptors (Lipinski definition) is 4. The Hall–Kier alpha value is -1.06. The lowest BCUT2D eigenvalue weighted by molar-refractivity contribution is 0.0315. The van der Waals surface area contributed by atoms with E-state index in [2.05, 4.69) is 60.2 Å². The first kappa shape index (κ1) is 26.2. The third-order valence-corrected chi connectivity index (χ3v) is 5.71. The number of rotatable bonds is 9. The Morgan fingerprint density at radius 2 is 1.94 bits per heavy atom. The van der Waals surface area contributed by atoms with E-state index < -0.39 is 0 Å². The standard InChI is InChI=1S/C24H40N4O2.HI/c1-4-25-24(28-12-10-22(18-28)17-27-13-15-29-16-14-27)26-11-9-21-5-7-23(8-6-21)30-19-20(2)3;/h5-8,20,22H,4,9-19H2,1-3H3,(H,25,26);1H. The van der Waals surface area contributed by atoms with Gasteiger partial charge in [-0.15, -0.1) is 24.0 Å². The molecule has 0 amide bonds. The average molecular weight is 545 g/mol. The third kappa shape index (κ3) is 9.14. The normalized spacial score (nSPS) is 20.1. The first-order valence-corrected chi connectivity index (χ1v) is 11.7. The molecule has 1 atom stereocenters. The molecule has 1 aromatic carbocycles. The molecule has 0 radical (unpaired) electrons. The number of morpholine rings is 1. The molecule has 2 fully saturated rings. The van der Waals surface area contributed by atoms with E-state index in [9.17, 15) is 0 Å². The van der Waals surface area contributed by atoms with Gasteiger partial charge in [-0.25, -0.2) is 0 Å². The van der Waals surface area contributed by atoms with Crippen LogP contribution in [0.25, 0.3) is 0 Å². The molecule has 3 rings (SSSR count). The van der Waals surface area contributed by atoms with Crippen molar-refractivity contribution in [1.82, 2.24) is 15.1 Å². The lowest BCUT2D eigenvalue weighted by Gasteiger charge is -2.29. The highest BCUT2D eigenvalue weighted by Crippen LogP contribution is 2.18. The van der Waals surface area contributed by atoms with Crippen LogP contribution in [0.15, 0.2) is 29.3 Å². The number of nitrogens with zero attached hydrogens (tertiary/aromatic N) is 3. The van der Waals surface area contributed by atoms with E-state index in [-0.39, 0.29) is 24.0 Å². The summed E-state index contributed by atoms with van der Waals surface area (Å²) in [5.74, 6) is 3.29. The van der Waals surface area contributed by atoms with E-state index in [1.807, 2.05) is 0 Å². The van der Waals surface area contributed by atoms with Crippen molar-refractivity contribution in [3.05, 3.63) is 29.8 Å². The summed E-state index contributed by atoms with van der Waals surface area (Å²) in [7, 11) is 0. The van der Waals surface area contributed by atoms with Gasteiger partial charge in [0.15, 0.2) is 5.96 Å². The van der Waals surface area contributed by atoms with E-state index in [0.29, 0.717) is 5.92 Å². The summed E-state index contributed by atoms with van der Waals surface area (Å²) in [6, 6.07) is 8.46. The minimum absolute atomic E-state index is 0. The number of benzene rings is 1. The Labute approximate surface area is 205 Å². The summed E-state index contributed by atoms with van der Waals surface area (Å²) in [5, 5.41) is 3.49. The molecule has 1 aromatic rings. The van der Waals surface area contributed by atoms with Crippen LogP contribution in [-0.4, -0.2) is 81.4 Å². The highest BCUT2D eigenvalue weighted by Gasteiger charge is 2.27. The van der Waals surface area contributed by atoms with Crippen LogP contribution in [0.5, 0.6) is 5.75 Å². The summed E-state index contributed by atoms with van der Waals surface area (Å²) < 4.78 is 11.3. The Kier molecular flexibility index (Phi) is 12.0. The highest BCUT2D eigenvalue weighted by molar-refractivity contribution is 14.0. The van der Waals surface area contributed by atoms with Gasteiger partial charge >= 0.3 is 0 Å². The van der Waals surface area contributed by atoms with Gasteiger partial charge in [0.2, 0.25) is 0 Å². The molecule has 0 spiro atoms. The number of guanidine groups is 1. The fourth-order valence-electron chi connectivity index (χ4n) is 4.05. The Balaban J connectivity index is 0.00000341. The fourth-order valence-corrected chi connectivity index (χ4v) is 4.05. The molecule has 2 aliphatic rings. The molecule has 2 heterocycles. The van der Waals surface area contributed by atoms with Gasteiger partial charge in [0.25, 0.3) is 0 Å². The summed E-state index contributed by atoms with van der Waals surface area (Å²) >= 11 is 0. The maximum atomic E-state index is 5.77. The van der Waals surface area contributed by atoms with Crippen LogP contribution in [0.4, 0.5) is 0 Å². The van der Waals surface area contributed by atoms with E-state index in [1.165, 1.54) is 18.5 Å². The second kappa shape index (κ2) is 14.2. The first-order chi connectivity index (χ1) is 14.6. The molecule has 1 N–H and O–H groups in total. The van der Waals surface area contributed by atoms with E-state index in [0.717, 1.165) is 83.1 Å². The van der Waals surface area contributed by atoms with E-state index >= 15 is 0 Å². The van der Waals surface area contributed by atoms with Gasteiger partial charge in [-0.3, -0.25) is 9.89 Å². The first-order valence-electron chi connectivity index (χ1n) is 11.7. The molecular formula is C24H41IN4O2. The number of aliphatic imine (C=N–C) groups is 1. The van der Waals surface area contributed by atoms with Crippen LogP contribution in [-0.2, 0) is 11.2 Å². The fraction of sp³-hybridized carbons (Fsp3) is 0.708.